The van der Waals surface area contributed by atoms with Crippen LogP contribution in [0.2, 0.25) is 0 Å². The van der Waals surface area contributed by atoms with Gasteiger partial charge in [0, 0.05) is 38.9 Å². The molecule has 0 bridgehead atoms. The Hall–Kier alpha value is -3.22. The first-order chi connectivity index (χ1) is 15.4. The summed E-state index contributed by atoms with van der Waals surface area (Å²) < 4.78 is 10.8. The van der Waals surface area contributed by atoms with Gasteiger partial charge in [0.25, 0.3) is 0 Å². The van der Waals surface area contributed by atoms with E-state index in [0.717, 1.165) is 50.7 Å². The highest BCUT2D eigenvalue weighted by Crippen LogP contribution is 2.30. The summed E-state index contributed by atoms with van der Waals surface area (Å²) in [6.45, 7) is 11.0. The van der Waals surface area contributed by atoms with Crippen molar-refractivity contribution in [2.45, 2.75) is 26.8 Å². The van der Waals surface area contributed by atoms with Gasteiger partial charge in [-0.05, 0) is 44.6 Å². The van der Waals surface area contributed by atoms with E-state index in [9.17, 15) is 0 Å². The summed E-state index contributed by atoms with van der Waals surface area (Å²) in [4.78, 5) is 17.9. The predicted octanol–water partition coefficient (Wildman–Crippen LogP) is 2.68. The maximum Gasteiger partial charge on any atom is 0.239 e. The van der Waals surface area contributed by atoms with Crippen LogP contribution in [0.25, 0.3) is 0 Å². The van der Waals surface area contributed by atoms with Crippen LogP contribution in [-0.4, -0.2) is 74.1 Å². The zero-order valence-electron chi connectivity index (χ0n) is 19.2. The zero-order chi connectivity index (χ0) is 23.1. The normalized spacial score (nSPS) is 19.5. The Labute approximate surface area is 191 Å². The van der Waals surface area contributed by atoms with Crippen molar-refractivity contribution in [2.75, 3.05) is 51.4 Å². The van der Waals surface area contributed by atoms with Crippen LogP contribution in [0.4, 0.5) is 11.5 Å². The van der Waals surface area contributed by atoms with Crippen LogP contribution in [0.5, 0.6) is 5.88 Å². The average Bonchev–Trinajstić information content (AvgIpc) is 2.76. The van der Waals surface area contributed by atoms with E-state index in [1.165, 1.54) is 0 Å². The smallest absolute Gasteiger partial charge is 0.239 e. The summed E-state index contributed by atoms with van der Waals surface area (Å²) in [5.41, 5.74) is 9.06. The van der Waals surface area contributed by atoms with Crippen molar-refractivity contribution in [3.8, 4) is 11.9 Å². The molecule has 0 aromatic carbocycles. The molecule has 0 saturated carbocycles. The van der Waals surface area contributed by atoms with Gasteiger partial charge in [0.15, 0.2) is 5.82 Å². The second kappa shape index (κ2) is 10.9. The number of ether oxygens (including phenoxy) is 2. The van der Waals surface area contributed by atoms with Gasteiger partial charge in [0.1, 0.15) is 5.69 Å². The maximum atomic E-state index is 9.07. The summed E-state index contributed by atoms with van der Waals surface area (Å²) in [5.74, 6) is 1.04. The van der Waals surface area contributed by atoms with Gasteiger partial charge in [-0.2, -0.15) is 15.2 Å². The lowest BCUT2D eigenvalue weighted by molar-refractivity contribution is -0.0660. The Morgan fingerprint density at radius 3 is 2.59 bits per heavy atom. The summed E-state index contributed by atoms with van der Waals surface area (Å²) in [6.07, 6.45) is 3.51. The highest BCUT2D eigenvalue weighted by molar-refractivity contribution is 6.05. The molecule has 0 radical (unpaired) electrons. The molecule has 9 heteroatoms. The van der Waals surface area contributed by atoms with E-state index in [-0.39, 0.29) is 7.39 Å². The Morgan fingerprint density at radius 2 is 2.03 bits per heavy atom. The minimum atomic E-state index is 0. The Balaban J connectivity index is 0.00000385. The number of hydrogen-bond donors (Lipinski definition) is 1. The summed E-state index contributed by atoms with van der Waals surface area (Å²) >= 11 is 0. The minimum absolute atomic E-state index is 0. The highest BCUT2D eigenvalue weighted by atomic mass is 16.5. The lowest BCUT2D eigenvalue weighted by Crippen LogP contribution is -2.56. The molecule has 2 fully saturated rings. The topological polar surface area (TPSA) is 112 Å². The molecule has 172 valence electrons. The number of allylic oxidation sites excluding steroid dienone is 4. The maximum absolute atomic E-state index is 9.07. The number of hydrogen-bond acceptors (Lipinski definition) is 7. The van der Waals surface area contributed by atoms with E-state index >= 15 is 0 Å². The van der Waals surface area contributed by atoms with E-state index in [2.05, 4.69) is 30.8 Å². The second-order valence-corrected chi connectivity index (χ2v) is 7.76. The Morgan fingerprint density at radius 1 is 1.31 bits per heavy atom. The second-order valence-electron chi connectivity index (χ2n) is 7.76. The number of guanidine groups is 1. The van der Waals surface area contributed by atoms with Crippen molar-refractivity contribution in [3.05, 3.63) is 35.4 Å². The molecule has 0 spiro atoms. The molecule has 1 aromatic heterocycles. The van der Waals surface area contributed by atoms with Crippen molar-refractivity contribution in [2.24, 2.45) is 15.7 Å². The van der Waals surface area contributed by atoms with Gasteiger partial charge in [-0.1, -0.05) is 6.08 Å². The van der Waals surface area contributed by atoms with Crippen LogP contribution in [0, 0.1) is 11.3 Å². The number of nitriles is 1. The number of rotatable bonds is 6. The molecule has 2 N–H and O–H groups in total. The van der Waals surface area contributed by atoms with Crippen molar-refractivity contribution in [3.63, 3.8) is 0 Å². The van der Waals surface area contributed by atoms with Crippen molar-refractivity contribution in [1.82, 2.24) is 9.88 Å². The fourth-order valence-corrected chi connectivity index (χ4v) is 3.56. The van der Waals surface area contributed by atoms with Gasteiger partial charge in [0.05, 0.1) is 32.4 Å². The predicted molar refractivity (Wildman–Crippen MR) is 129 cm³/mol. The molecule has 2 saturated heterocycles. The molecule has 0 amide bonds. The summed E-state index contributed by atoms with van der Waals surface area (Å²) in [6, 6.07) is 6.46. The first-order valence-corrected chi connectivity index (χ1v) is 10.7. The minimum Gasteiger partial charge on any atom is -0.479 e. The Bertz CT molecular complexity index is 985. The van der Waals surface area contributed by atoms with Crippen molar-refractivity contribution >= 4 is 23.2 Å². The van der Waals surface area contributed by atoms with Crippen LogP contribution >= 0.6 is 0 Å². The fourth-order valence-electron chi connectivity index (χ4n) is 3.56. The molecule has 32 heavy (non-hydrogen) atoms. The van der Waals surface area contributed by atoms with E-state index in [0.29, 0.717) is 29.0 Å². The number of piperazine rings is 1. The number of nitrogens with two attached hydrogens (primary N) is 1. The van der Waals surface area contributed by atoms with Crippen LogP contribution in [0.15, 0.2) is 45.4 Å². The van der Waals surface area contributed by atoms with Gasteiger partial charge >= 0.3 is 0 Å². The number of aromatic nitrogens is 1. The lowest BCUT2D eigenvalue weighted by atomic mass is 10.1. The SMILES string of the molecule is C/C=C(C#N)/C=C(C)/C(C)=N/C(N)=Nc1ccc(N2CCN(C3COC3)CC2)c(OC)n1.[HH]. The molecule has 3 rings (SSSR count). The molecule has 2 aliphatic rings. The molecule has 0 aliphatic carbocycles. The average molecular weight is 440 g/mol. The van der Waals surface area contributed by atoms with Gasteiger partial charge in [-0.25, -0.2) is 4.99 Å². The van der Waals surface area contributed by atoms with Crippen molar-refractivity contribution < 1.29 is 10.9 Å². The van der Waals surface area contributed by atoms with Gasteiger partial charge in [-0.15, -0.1) is 0 Å². The first kappa shape index (κ1) is 23.4. The summed E-state index contributed by atoms with van der Waals surface area (Å²) in [5, 5.41) is 9.07. The van der Waals surface area contributed by atoms with E-state index in [4.69, 9.17) is 20.5 Å². The molecular formula is C23H33N7O2. The highest BCUT2D eigenvalue weighted by Gasteiger charge is 2.29. The van der Waals surface area contributed by atoms with E-state index in [1.54, 1.807) is 19.3 Å². The molecule has 9 nitrogen and oxygen atoms in total. The quantitative estimate of drug-likeness (QED) is 0.314. The van der Waals surface area contributed by atoms with Crippen LogP contribution in [0.1, 0.15) is 22.2 Å². The number of pyridine rings is 1. The van der Waals surface area contributed by atoms with E-state index in [1.807, 2.05) is 32.9 Å². The zero-order valence-corrected chi connectivity index (χ0v) is 19.2. The monoisotopic (exact) mass is 439 g/mol. The van der Waals surface area contributed by atoms with Gasteiger partial charge < -0.3 is 20.1 Å². The van der Waals surface area contributed by atoms with Gasteiger partial charge in [0.2, 0.25) is 11.8 Å². The molecule has 3 heterocycles. The van der Waals surface area contributed by atoms with E-state index < -0.39 is 0 Å². The standard InChI is InChI=1S/C23H31N7O2.H2/c1-5-18(13-24)12-16(2)17(3)26-23(25)28-21-7-6-20(22(27-21)31-4)30-10-8-29(9-11-30)19-14-32-15-19;/h5-7,12,19H,8-11,14-15H2,1-4H3,(H2,25,27,28);1H/b16-12+,18-5-,26-17+;. The molecular weight excluding hydrogens is 406 g/mol. The molecule has 1 aromatic rings. The third-order valence-electron chi connectivity index (χ3n) is 5.70. The van der Waals surface area contributed by atoms with Crippen LogP contribution in [-0.2, 0) is 4.74 Å². The number of anilines is 1. The van der Waals surface area contributed by atoms with Gasteiger partial charge in [-0.3, -0.25) is 4.90 Å². The lowest BCUT2D eigenvalue weighted by Gasteiger charge is -2.43. The number of aliphatic imine (C=N–C) groups is 2. The largest absolute Gasteiger partial charge is 0.479 e. The van der Waals surface area contributed by atoms with Crippen LogP contribution < -0.4 is 15.4 Å². The number of methoxy groups -OCH3 is 1. The fraction of sp³-hybridized carbons (Fsp3) is 0.478. The molecule has 0 atom stereocenters. The Kier molecular flexibility index (Phi) is 7.98. The van der Waals surface area contributed by atoms with Crippen LogP contribution in [0.3, 0.4) is 0 Å². The molecule has 2 aliphatic heterocycles. The molecule has 0 unspecified atom stereocenters. The first-order valence-electron chi connectivity index (χ1n) is 10.7. The summed E-state index contributed by atoms with van der Waals surface area (Å²) in [7, 11) is 1.61. The third kappa shape index (κ3) is 5.72. The van der Waals surface area contributed by atoms with Crippen molar-refractivity contribution in [1.29, 1.82) is 5.26 Å². The number of nitrogens with zero attached hydrogens (tertiary/aromatic N) is 6. The third-order valence-corrected chi connectivity index (χ3v) is 5.70.